The van der Waals surface area contributed by atoms with E-state index in [0.29, 0.717) is 12.8 Å². The summed E-state index contributed by atoms with van der Waals surface area (Å²) in [6, 6.07) is 9.52. The minimum absolute atomic E-state index is 0.117. The van der Waals surface area contributed by atoms with Gasteiger partial charge in [-0.3, -0.25) is 14.3 Å². The van der Waals surface area contributed by atoms with Gasteiger partial charge in [0.05, 0.1) is 13.0 Å². The van der Waals surface area contributed by atoms with Crippen LogP contribution in [0.4, 0.5) is 0 Å². The molecule has 1 fully saturated rings. The zero-order valence-corrected chi connectivity index (χ0v) is 15.8. The minimum Gasteiger partial charge on any atom is -0.468 e. The predicted octanol–water partition coefficient (Wildman–Crippen LogP) is 1.34. The largest absolute Gasteiger partial charge is 0.468 e. The maximum absolute atomic E-state index is 13.2. The van der Waals surface area contributed by atoms with Gasteiger partial charge in [0.25, 0.3) is 0 Å². The molecular weight excluding hydrogens is 344 g/mol. The summed E-state index contributed by atoms with van der Waals surface area (Å²) in [5.41, 5.74) is 1.20. The first-order valence-corrected chi connectivity index (χ1v) is 9.20. The smallest absolute Gasteiger partial charge is 0.314 e. The van der Waals surface area contributed by atoms with Crippen LogP contribution < -0.4 is 10.6 Å². The number of rotatable bonds is 6. The standard InChI is InChI=1S/C20H26N4O3/c1-15-4-6-16(7-5-15)17(18(25)27-2)14-22-19(26)20(8-11-21-12-9-20)24-13-3-10-23-24/h3-7,10,13,17,21H,8-9,11-12,14H2,1-2H3,(H,22,26). The number of hydrogen-bond donors (Lipinski definition) is 2. The van der Waals surface area contributed by atoms with Crippen molar-refractivity contribution in [1.82, 2.24) is 20.4 Å². The Kier molecular flexibility index (Phi) is 5.91. The first kappa shape index (κ1) is 19.1. The molecule has 7 nitrogen and oxygen atoms in total. The highest BCUT2D eigenvalue weighted by molar-refractivity contribution is 5.86. The lowest BCUT2D eigenvalue weighted by atomic mass is 9.87. The van der Waals surface area contributed by atoms with E-state index in [-0.39, 0.29) is 18.4 Å². The average molecular weight is 370 g/mol. The molecule has 144 valence electrons. The van der Waals surface area contributed by atoms with E-state index in [2.05, 4.69) is 15.7 Å². The highest BCUT2D eigenvalue weighted by Gasteiger charge is 2.42. The molecule has 1 aliphatic heterocycles. The number of nitrogens with one attached hydrogen (secondary N) is 2. The van der Waals surface area contributed by atoms with Gasteiger partial charge in [-0.05, 0) is 44.5 Å². The van der Waals surface area contributed by atoms with Crippen LogP contribution in [-0.2, 0) is 19.9 Å². The van der Waals surface area contributed by atoms with Crippen molar-refractivity contribution in [2.75, 3.05) is 26.7 Å². The third-order valence-electron chi connectivity index (χ3n) is 5.23. The molecule has 2 heterocycles. The molecule has 3 rings (SSSR count). The van der Waals surface area contributed by atoms with Crippen molar-refractivity contribution in [3.05, 3.63) is 53.9 Å². The maximum atomic E-state index is 13.2. The summed E-state index contributed by atoms with van der Waals surface area (Å²) in [6.07, 6.45) is 4.80. The van der Waals surface area contributed by atoms with Gasteiger partial charge >= 0.3 is 5.97 Å². The average Bonchev–Trinajstić information content (AvgIpc) is 3.25. The third kappa shape index (κ3) is 4.03. The first-order chi connectivity index (χ1) is 13.1. The van der Waals surface area contributed by atoms with E-state index >= 15 is 0 Å². The Morgan fingerprint density at radius 2 is 2.00 bits per heavy atom. The zero-order chi connectivity index (χ0) is 19.3. The Labute approximate surface area is 159 Å². The number of amides is 1. The summed E-state index contributed by atoms with van der Waals surface area (Å²) in [4.78, 5) is 25.5. The highest BCUT2D eigenvalue weighted by Crippen LogP contribution is 2.27. The molecule has 0 saturated carbocycles. The number of carbonyl (C=O) groups excluding carboxylic acids is 2. The van der Waals surface area contributed by atoms with Crippen LogP contribution in [0.3, 0.4) is 0 Å². The normalized spacial score (nSPS) is 17.1. The second-order valence-corrected chi connectivity index (χ2v) is 6.93. The van der Waals surface area contributed by atoms with Crippen LogP contribution in [0.1, 0.15) is 29.9 Å². The summed E-state index contributed by atoms with van der Waals surface area (Å²) in [5.74, 6) is -1.03. The van der Waals surface area contributed by atoms with E-state index in [1.807, 2.05) is 43.5 Å². The van der Waals surface area contributed by atoms with E-state index in [4.69, 9.17) is 4.74 Å². The van der Waals surface area contributed by atoms with Crippen molar-refractivity contribution in [1.29, 1.82) is 0 Å². The van der Waals surface area contributed by atoms with E-state index in [1.165, 1.54) is 7.11 Å². The molecule has 27 heavy (non-hydrogen) atoms. The fourth-order valence-electron chi connectivity index (χ4n) is 3.56. The molecule has 7 heteroatoms. The predicted molar refractivity (Wildman–Crippen MR) is 101 cm³/mol. The van der Waals surface area contributed by atoms with Crippen molar-refractivity contribution in [3.8, 4) is 0 Å². The summed E-state index contributed by atoms with van der Waals surface area (Å²) in [5, 5.41) is 10.6. The number of esters is 1. The fourth-order valence-corrected chi connectivity index (χ4v) is 3.56. The van der Waals surface area contributed by atoms with Crippen molar-refractivity contribution in [2.24, 2.45) is 0 Å². The Hall–Kier alpha value is -2.67. The molecular formula is C20H26N4O3. The molecule has 1 amide bonds. The minimum atomic E-state index is -0.733. The summed E-state index contributed by atoms with van der Waals surface area (Å²) >= 11 is 0. The quantitative estimate of drug-likeness (QED) is 0.750. The summed E-state index contributed by atoms with van der Waals surface area (Å²) in [6.45, 7) is 3.66. The van der Waals surface area contributed by atoms with Crippen molar-refractivity contribution in [3.63, 3.8) is 0 Å². The molecule has 0 radical (unpaired) electrons. The third-order valence-corrected chi connectivity index (χ3v) is 5.23. The van der Waals surface area contributed by atoms with E-state index in [0.717, 1.165) is 24.2 Å². The van der Waals surface area contributed by atoms with Crippen LogP contribution in [0.2, 0.25) is 0 Å². The van der Waals surface area contributed by atoms with Gasteiger partial charge in [0.1, 0.15) is 5.54 Å². The van der Waals surface area contributed by atoms with Crippen LogP contribution in [0.15, 0.2) is 42.7 Å². The molecule has 1 saturated heterocycles. The molecule has 0 spiro atoms. The van der Waals surface area contributed by atoms with Crippen LogP contribution in [0, 0.1) is 6.92 Å². The number of benzene rings is 1. The Bertz CT molecular complexity index is 765. The van der Waals surface area contributed by atoms with Gasteiger partial charge < -0.3 is 15.4 Å². The van der Waals surface area contributed by atoms with E-state index < -0.39 is 11.5 Å². The number of piperidine rings is 1. The van der Waals surface area contributed by atoms with Crippen LogP contribution in [0.25, 0.3) is 0 Å². The molecule has 0 bridgehead atoms. The number of nitrogens with zero attached hydrogens (tertiary/aromatic N) is 2. The van der Waals surface area contributed by atoms with E-state index in [1.54, 1.807) is 10.9 Å². The molecule has 2 N–H and O–H groups in total. The second-order valence-electron chi connectivity index (χ2n) is 6.93. The number of carbonyl (C=O) groups is 2. The van der Waals surface area contributed by atoms with Gasteiger partial charge in [0.15, 0.2) is 0 Å². The number of aromatic nitrogens is 2. The highest BCUT2D eigenvalue weighted by atomic mass is 16.5. The monoisotopic (exact) mass is 370 g/mol. The molecule has 1 atom stereocenters. The maximum Gasteiger partial charge on any atom is 0.314 e. The number of ether oxygens (including phenoxy) is 1. The van der Waals surface area contributed by atoms with Crippen molar-refractivity contribution < 1.29 is 14.3 Å². The SMILES string of the molecule is COC(=O)C(CNC(=O)C1(n2cccn2)CCNCC1)c1ccc(C)cc1. The first-order valence-electron chi connectivity index (χ1n) is 9.20. The van der Waals surface area contributed by atoms with Gasteiger partial charge in [-0.15, -0.1) is 0 Å². The molecule has 1 aromatic heterocycles. The summed E-state index contributed by atoms with van der Waals surface area (Å²) in [7, 11) is 1.36. The van der Waals surface area contributed by atoms with Crippen molar-refractivity contribution in [2.45, 2.75) is 31.2 Å². The number of hydrogen-bond acceptors (Lipinski definition) is 5. The van der Waals surface area contributed by atoms with Crippen LogP contribution >= 0.6 is 0 Å². The molecule has 0 aliphatic carbocycles. The molecule has 1 aromatic carbocycles. The van der Waals surface area contributed by atoms with Crippen LogP contribution in [-0.4, -0.2) is 48.4 Å². The Balaban J connectivity index is 1.78. The van der Waals surface area contributed by atoms with Crippen molar-refractivity contribution >= 4 is 11.9 Å². The van der Waals surface area contributed by atoms with Gasteiger partial charge in [-0.1, -0.05) is 29.8 Å². The summed E-state index contributed by atoms with van der Waals surface area (Å²) < 4.78 is 6.69. The lowest BCUT2D eigenvalue weighted by Crippen LogP contribution is -2.55. The topological polar surface area (TPSA) is 85.2 Å². The van der Waals surface area contributed by atoms with Gasteiger partial charge in [0.2, 0.25) is 5.91 Å². The number of methoxy groups -OCH3 is 1. The van der Waals surface area contributed by atoms with E-state index in [9.17, 15) is 9.59 Å². The molecule has 2 aromatic rings. The molecule has 1 unspecified atom stereocenters. The van der Waals surface area contributed by atoms with Gasteiger partial charge in [-0.25, -0.2) is 0 Å². The van der Waals surface area contributed by atoms with Gasteiger partial charge in [0, 0.05) is 18.9 Å². The lowest BCUT2D eigenvalue weighted by molar-refractivity contribution is -0.142. The zero-order valence-electron chi connectivity index (χ0n) is 15.8. The Morgan fingerprint density at radius 3 is 2.59 bits per heavy atom. The van der Waals surface area contributed by atoms with Gasteiger partial charge in [-0.2, -0.15) is 5.10 Å². The number of aryl methyl sites for hydroxylation is 1. The lowest BCUT2D eigenvalue weighted by Gasteiger charge is -2.36. The molecule has 1 aliphatic rings. The fraction of sp³-hybridized carbons (Fsp3) is 0.450. The van der Waals surface area contributed by atoms with Crippen LogP contribution in [0.5, 0.6) is 0 Å². The Morgan fingerprint density at radius 1 is 1.30 bits per heavy atom. The second kappa shape index (κ2) is 8.35.